The van der Waals surface area contributed by atoms with Crippen LogP contribution >= 0.6 is 0 Å². The maximum atomic E-state index is 14.1. The molecule has 0 bridgehead atoms. The fraction of sp³-hybridized carbons (Fsp3) is 0.370. The third-order valence-electron chi connectivity index (χ3n) is 6.76. The number of anilines is 1. The molecule has 194 valence electrons. The van der Waals surface area contributed by atoms with E-state index < -0.39 is 11.9 Å². The van der Waals surface area contributed by atoms with E-state index in [1.165, 1.54) is 7.11 Å². The van der Waals surface area contributed by atoms with Crippen LogP contribution in [0.1, 0.15) is 31.3 Å². The SMILES string of the molecule is COc1cc2nc(C)nc(N[C@H](C)c3cccc4c(F)coc34)c2cc1OC(=O)N1CCN(C)C[C@H]1C. The van der Waals surface area contributed by atoms with Crippen molar-refractivity contribution < 1.29 is 23.1 Å². The minimum absolute atomic E-state index is 0.0240. The Morgan fingerprint density at radius 3 is 2.78 bits per heavy atom. The molecule has 1 N–H and O–H groups in total. The minimum atomic E-state index is -0.430. The number of nitrogens with zero attached hydrogens (tertiary/aromatic N) is 4. The number of methoxy groups -OCH3 is 1. The molecule has 1 amide bonds. The van der Waals surface area contributed by atoms with Crippen LogP contribution < -0.4 is 14.8 Å². The molecule has 0 spiro atoms. The molecule has 9 nitrogen and oxygen atoms in total. The molecule has 0 unspecified atom stereocenters. The maximum Gasteiger partial charge on any atom is 0.415 e. The van der Waals surface area contributed by atoms with E-state index in [4.69, 9.17) is 13.9 Å². The molecule has 1 aliphatic heterocycles. The number of para-hydroxylation sites is 1. The number of furan rings is 1. The standard InChI is InChI=1S/C27H30FN5O4/c1-15-13-32(4)9-10-33(15)27(34)37-24-11-20-22(12-23(24)35-5)30-17(3)31-26(20)29-16(2)18-7-6-8-19-21(28)14-36-25(18)19/h6-8,11-12,14-16H,9-10,13H2,1-5H3,(H,29,30,31)/t15-,16-/m1/s1. The molecule has 0 saturated carbocycles. The van der Waals surface area contributed by atoms with Gasteiger partial charge in [0, 0.05) is 42.7 Å². The summed E-state index contributed by atoms with van der Waals surface area (Å²) in [5.74, 6) is 1.38. The fourth-order valence-corrected chi connectivity index (χ4v) is 4.84. The monoisotopic (exact) mass is 507 g/mol. The minimum Gasteiger partial charge on any atom is -0.493 e. The van der Waals surface area contributed by atoms with Crippen molar-refractivity contribution in [2.24, 2.45) is 0 Å². The normalized spacial score (nSPS) is 17.2. The Bertz CT molecular complexity index is 1470. The number of carbonyl (C=O) groups excluding carboxylic acids is 1. The molecule has 1 fully saturated rings. The molecule has 2 atom stereocenters. The summed E-state index contributed by atoms with van der Waals surface area (Å²) >= 11 is 0. The van der Waals surface area contributed by atoms with Gasteiger partial charge in [-0.1, -0.05) is 12.1 Å². The van der Waals surface area contributed by atoms with Crippen molar-refractivity contribution >= 4 is 33.8 Å². The van der Waals surface area contributed by atoms with Gasteiger partial charge in [-0.15, -0.1) is 0 Å². The summed E-state index contributed by atoms with van der Waals surface area (Å²) in [6.07, 6.45) is 0.680. The second kappa shape index (κ2) is 9.85. The van der Waals surface area contributed by atoms with Crippen molar-refractivity contribution in [3.8, 4) is 11.5 Å². The third kappa shape index (κ3) is 4.76. The summed E-state index contributed by atoms with van der Waals surface area (Å²) in [7, 11) is 3.56. The topological polar surface area (TPSA) is 93.0 Å². The van der Waals surface area contributed by atoms with Crippen molar-refractivity contribution in [2.75, 3.05) is 39.1 Å². The zero-order valence-corrected chi connectivity index (χ0v) is 21.5. The highest BCUT2D eigenvalue weighted by molar-refractivity contribution is 5.93. The van der Waals surface area contributed by atoms with Crippen LogP contribution in [0.4, 0.5) is 15.0 Å². The number of rotatable bonds is 5. The number of carbonyl (C=O) groups is 1. The number of likely N-dealkylation sites (N-methyl/N-ethyl adjacent to an activating group) is 1. The van der Waals surface area contributed by atoms with E-state index in [-0.39, 0.29) is 17.8 Å². The van der Waals surface area contributed by atoms with Crippen molar-refractivity contribution in [3.05, 3.63) is 53.8 Å². The number of amides is 1. The Kier molecular flexibility index (Phi) is 6.59. The van der Waals surface area contributed by atoms with Crippen LogP contribution in [0.15, 0.2) is 41.0 Å². The fourth-order valence-electron chi connectivity index (χ4n) is 4.84. The third-order valence-corrected chi connectivity index (χ3v) is 6.76. The Morgan fingerprint density at radius 2 is 2.03 bits per heavy atom. The van der Waals surface area contributed by atoms with Gasteiger partial charge < -0.3 is 29.0 Å². The van der Waals surface area contributed by atoms with E-state index in [0.29, 0.717) is 45.8 Å². The summed E-state index contributed by atoms with van der Waals surface area (Å²) in [4.78, 5) is 26.1. The molecule has 37 heavy (non-hydrogen) atoms. The number of hydrogen-bond donors (Lipinski definition) is 1. The molecule has 0 aliphatic carbocycles. The Balaban J connectivity index is 1.49. The van der Waals surface area contributed by atoms with Gasteiger partial charge in [-0.3, -0.25) is 0 Å². The lowest BCUT2D eigenvalue weighted by Gasteiger charge is -2.37. The molecule has 2 aromatic heterocycles. The maximum absolute atomic E-state index is 14.1. The average Bonchev–Trinajstić information content (AvgIpc) is 3.24. The van der Waals surface area contributed by atoms with E-state index in [2.05, 4.69) is 20.2 Å². The molecule has 0 radical (unpaired) electrons. The van der Waals surface area contributed by atoms with Crippen LogP contribution in [0.2, 0.25) is 0 Å². The number of aryl methyl sites for hydroxylation is 1. The molecule has 2 aromatic carbocycles. The van der Waals surface area contributed by atoms with Crippen molar-refractivity contribution in [2.45, 2.75) is 32.9 Å². The van der Waals surface area contributed by atoms with Crippen LogP contribution in [0.25, 0.3) is 21.9 Å². The van der Waals surface area contributed by atoms with E-state index in [1.807, 2.05) is 27.0 Å². The first kappa shape index (κ1) is 24.8. The van der Waals surface area contributed by atoms with Gasteiger partial charge in [0.1, 0.15) is 23.5 Å². The van der Waals surface area contributed by atoms with Gasteiger partial charge in [-0.05, 0) is 40.0 Å². The van der Waals surface area contributed by atoms with Gasteiger partial charge in [0.2, 0.25) is 0 Å². The van der Waals surface area contributed by atoms with Gasteiger partial charge in [0.25, 0.3) is 0 Å². The molecule has 4 aromatic rings. The first-order valence-electron chi connectivity index (χ1n) is 12.2. The Labute approximate surface area is 214 Å². The second-order valence-electron chi connectivity index (χ2n) is 9.49. The summed E-state index contributed by atoms with van der Waals surface area (Å²) in [5, 5.41) is 4.49. The van der Waals surface area contributed by atoms with Gasteiger partial charge in [-0.2, -0.15) is 0 Å². The predicted octanol–water partition coefficient (Wildman–Crippen LogP) is 5.14. The number of hydrogen-bond acceptors (Lipinski definition) is 8. The van der Waals surface area contributed by atoms with Crippen molar-refractivity contribution in [1.82, 2.24) is 19.8 Å². The number of fused-ring (bicyclic) bond motifs is 2. The number of nitrogens with one attached hydrogen (secondary N) is 1. The number of ether oxygens (including phenoxy) is 2. The van der Waals surface area contributed by atoms with Crippen molar-refractivity contribution in [1.29, 1.82) is 0 Å². The lowest BCUT2D eigenvalue weighted by atomic mass is 10.1. The largest absolute Gasteiger partial charge is 0.493 e. The Morgan fingerprint density at radius 1 is 1.22 bits per heavy atom. The van der Waals surface area contributed by atoms with Gasteiger partial charge in [-0.25, -0.2) is 19.2 Å². The average molecular weight is 508 g/mol. The highest BCUT2D eigenvalue weighted by Crippen LogP contribution is 2.36. The van der Waals surface area contributed by atoms with Crippen molar-refractivity contribution in [3.63, 3.8) is 0 Å². The second-order valence-corrected chi connectivity index (χ2v) is 9.49. The van der Waals surface area contributed by atoms with Gasteiger partial charge in [0.05, 0.1) is 24.1 Å². The van der Waals surface area contributed by atoms with Crippen LogP contribution in [0.5, 0.6) is 11.5 Å². The van der Waals surface area contributed by atoms with Gasteiger partial charge in [0.15, 0.2) is 17.3 Å². The quantitative estimate of drug-likeness (QED) is 0.397. The summed E-state index contributed by atoms with van der Waals surface area (Å²) in [6, 6.07) is 8.56. The summed E-state index contributed by atoms with van der Waals surface area (Å²) in [6.45, 7) is 7.87. The summed E-state index contributed by atoms with van der Waals surface area (Å²) in [5.41, 5.74) is 1.90. The van der Waals surface area contributed by atoms with E-state index in [1.54, 1.807) is 36.1 Å². The molecule has 3 heterocycles. The molecule has 1 aliphatic rings. The lowest BCUT2D eigenvalue weighted by molar-refractivity contribution is 0.0886. The number of aromatic nitrogens is 2. The smallest absolute Gasteiger partial charge is 0.415 e. The van der Waals surface area contributed by atoms with E-state index in [9.17, 15) is 9.18 Å². The Hall–Kier alpha value is -3.92. The number of benzene rings is 2. The highest BCUT2D eigenvalue weighted by atomic mass is 19.1. The molecular formula is C27H30FN5O4. The zero-order valence-electron chi connectivity index (χ0n) is 21.5. The lowest BCUT2D eigenvalue weighted by Crippen LogP contribution is -2.53. The van der Waals surface area contributed by atoms with E-state index in [0.717, 1.165) is 24.9 Å². The highest BCUT2D eigenvalue weighted by Gasteiger charge is 2.28. The zero-order chi connectivity index (χ0) is 26.3. The molecule has 5 rings (SSSR count). The van der Waals surface area contributed by atoms with E-state index >= 15 is 0 Å². The number of piperazine rings is 1. The molecule has 10 heteroatoms. The van der Waals surface area contributed by atoms with Crippen LogP contribution in [0.3, 0.4) is 0 Å². The molecular weight excluding hydrogens is 477 g/mol. The summed E-state index contributed by atoms with van der Waals surface area (Å²) < 4.78 is 30.9. The van der Waals surface area contributed by atoms with Crippen LogP contribution in [0, 0.1) is 12.7 Å². The predicted molar refractivity (Wildman–Crippen MR) is 139 cm³/mol. The number of halogens is 1. The first-order chi connectivity index (χ1) is 17.7. The molecule has 1 saturated heterocycles. The van der Waals surface area contributed by atoms with Crippen LogP contribution in [-0.4, -0.2) is 65.7 Å². The van der Waals surface area contributed by atoms with Crippen LogP contribution in [-0.2, 0) is 0 Å². The first-order valence-corrected chi connectivity index (χ1v) is 12.2. The van der Waals surface area contributed by atoms with Gasteiger partial charge >= 0.3 is 6.09 Å².